The summed E-state index contributed by atoms with van der Waals surface area (Å²) in [5, 5.41) is 23.1. The van der Waals surface area contributed by atoms with Gasteiger partial charge in [0.15, 0.2) is 0 Å². The van der Waals surface area contributed by atoms with Crippen LogP contribution in [0.1, 0.15) is 57.9 Å². The fraction of sp³-hybridized carbons (Fsp3) is 0.371. The van der Waals surface area contributed by atoms with Crippen molar-refractivity contribution in [2.75, 3.05) is 4.90 Å². The zero-order valence-corrected chi connectivity index (χ0v) is 24.3. The number of aromatic hydroxyl groups is 1. The standard InChI is InChI=1S/C35H38BNO5/c1-3-10-22(19-24-16-17-30(38)27-14-9-8-13-26(24)27)15-18-31-32-23(4-2)20-28-33(29(32)21-36(41)42-31)35(40)37(34(28)39)25-11-6-5-7-12-25/h5-9,11-14,16-17,19,28-29,31,33,38,41H,3-4,10,15,18,20-21H2,1-2H3/b22-19+/t28-,29+,31-,33-/m1/s1. The number of imide groups is 1. The van der Waals surface area contributed by atoms with Crippen LogP contribution in [-0.2, 0) is 14.2 Å². The van der Waals surface area contributed by atoms with Gasteiger partial charge in [-0.05, 0) is 79.1 Å². The number of rotatable bonds is 8. The van der Waals surface area contributed by atoms with Crippen LogP contribution in [0.25, 0.3) is 16.8 Å². The molecule has 6 rings (SSSR count). The smallest absolute Gasteiger partial charge is 0.455 e. The Kier molecular flexibility index (Phi) is 8.06. The van der Waals surface area contributed by atoms with Crippen molar-refractivity contribution in [1.82, 2.24) is 0 Å². The largest absolute Gasteiger partial charge is 0.507 e. The molecule has 2 amide bonds. The fourth-order valence-corrected chi connectivity index (χ4v) is 7.49. The first-order chi connectivity index (χ1) is 20.4. The maximum Gasteiger partial charge on any atom is 0.455 e. The highest BCUT2D eigenvalue weighted by atomic mass is 16.5. The molecule has 2 saturated heterocycles. The maximum atomic E-state index is 13.8. The number of hydrogen-bond donors (Lipinski definition) is 2. The lowest BCUT2D eigenvalue weighted by Gasteiger charge is -2.43. The van der Waals surface area contributed by atoms with Gasteiger partial charge in [-0.1, -0.05) is 86.0 Å². The third kappa shape index (κ3) is 5.09. The minimum absolute atomic E-state index is 0.131. The van der Waals surface area contributed by atoms with Gasteiger partial charge in [0.25, 0.3) is 0 Å². The molecule has 42 heavy (non-hydrogen) atoms. The van der Waals surface area contributed by atoms with Crippen LogP contribution in [0.4, 0.5) is 5.69 Å². The van der Waals surface area contributed by atoms with Gasteiger partial charge in [0, 0.05) is 5.39 Å². The molecule has 0 radical (unpaired) electrons. The maximum absolute atomic E-state index is 13.8. The second kappa shape index (κ2) is 11.9. The Morgan fingerprint density at radius 1 is 0.952 bits per heavy atom. The van der Waals surface area contributed by atoms with Crippen molar-refractivity contribution < 1.29 is 24.4 Å². The van der Waals surface area contributed by atoms with Crippen molar-refractivity contribution in [1.29, 1.82) is 0 Å². The number of phenols is 1. The van der Waals surface area contributed by atoms with Crippen LogP contribution >= 0.6 is 0 Å². The van der Waals surface area contributed by atoms with Gasteiger partial charge in [0.05, 0.1) is 23.6 Å². The summed E-state index contributed by atoms with van der Waals surface area (Å²) < 4.78 is 6.20. The summed E-state index contributed by atoms with van der Waals surface area (Å²) in [6.07, 6.45) is 7.00. The molecule has 6 nitrogen and oxygen atoms in total. The zero-order chi connectivity index (χ0) is 29.4. The average Bonchev–Trinajstić information content (AvgIpc) is 3.26. The van der Waals surface area contributed by atoms with Gasteiger partial charge in [-0.25, -0.2) is 0 Å². The zero-order valence-electron chi connectivity index (χ0n) is 24.3. The molecular formula is C35H38BNO5. The molecule has 2 fully saturated rings. The monoisotopic (exact) mass is 563 g/mol. The molecule has 0 aromatic heterocycles. The van der Waals surface area contributed by atoms with Crippen molar-refractivity contribution in [3.05, 3.63) is 89.0 Å². The normalized spacial score (nSPS) is 24.4. The Labute approximate surface area is 247 Å². The summed E-state index contributed by atoms with van der Waals surface area (Å²) in [4.78, 5) is 28.8. The second-order valence-corrected chi connectivity index (χ2v) is 11.8. The Morgan fingerprint density at radius 3 is 2.43 bits per heavy atom. The Balaban J connectivity index is 1.29. The molecule has 3 aliphatic rings. The van der Waals surface area contributed by atoms with Crippen LogP contribution in [0.3, 0.4) is 0 Å². The molecule has 2 heterocycles. The first kappa shape index (κ1) is 28.4. The molecule has 0 unspecified atom stereocenters. The average molecular weight is 564 g/mol. The third-order valence-electron chi connectivity index (χ3n) is 9.34. The van der Waals surface area contributed by atoms with Gasteiger partial charge in [-0.2, -0.15) is 0 Å². The number of benzene rings is 3. The van der Waals surface area contributed by atoms with E-state index in [4.69, 9.17) is 4.65 Å². The molecule has 0 saturated carbocycles. The molecule has 1 aliphatic carbocycles. The predicted molar refractivity (Wildman–Crippen MR) is 167 cm³/mol. The highest BCUT2D eigenvalue weighted by Crippen LogP contribution is 2.52. The van der Waals surface area contributed by atoms with Crippen LogP contribution in [0.2, 0.25) is 6.32 Å². The lowest BCUT2D eigenvalue weighted by molar-refractivity contribution is -0.122. The Morgan fingerprint density at radius 2 is 1.69 bits per heavy atom. The number of carbonyl (C=O) groups is 2. The first-order valence-corrected chi connectivity index (χ1v) is 15.3. The van der Waals surface area contributed by atoms with E-state index < -0.39 is 19.0 Å². The van der Waals surface area contributed by atoms with Crippen molar-refractivity contribution >= 4 is 41.5 Å². The molecular weight excluding hydrogens is 525 g/mol. The van der Waals surface area contributed by atoms with E-state index in [1.807, 2.05) is 60.7 Å². The summed E-state index contributed by atoms with van der Waals surface area (Å²) in [5.74, 6) is -1.10. The lowest BCUT2D eigenvalue weighted by atomic mass is 9.58. The van der Waals surface area contributed by atoms with E-state index >= 15 is 0 Å². The van der Waals surface area contributed by atoms with E-state index in [1.54, 1.807) is 6.07 Å². The highest BCUT2D eigenvalue weighted by molar-refractivity contribution is 6.43. The topological polar surface area (TPSA) is 87.1 Å². The number of allylic oxidation sites excluding steroid dienone is 2. The van der Waals surface area contributed by atoms with Crippen LogP contribution < -0.4 is 4.90 Å². The van der Waals surface area contributed by atoms with Crippen molar-refractivity contribution in [2.45, 2.75) is 64.8 Å². The summed E-state index contributed by atoms with van der Waals surface area (Å²) in [7, 11) is -0.978. The number of phenolic OH excluding ortho intramolecular Hbond substituents is 1. The first-order valence-electron chi connectivity index (χ1n) is 15.3. The van der Waals surface area contributed by atoms with E-state index in [0.717, 1.165) is 47.6 Å². The summed E-state index contributed by atoms with van der Waals surface area (Å²) in [5.41, 5.74) is 5.29. The van der Waals surface area contributed by atoms with Crippen LogP contribution in [0.5, 0.6) is 5.75 Å². The second-order valence-electron chi connectivity index (χ2n) is 11.8. The van der Waals surface area contributed by atoms with Crippen molar-refractivity contribution in [3.8, 4) is 5.75 Å². The van der Waals surface area contributed by atoms with Gasteiger partial charge >= 0.3 is 7.12 Å². The molecule has 2 N–H and O–H groups in total. The molecule has 3 aromatic carbocycles. The molecule has 0 bridgehead atoms. The van der Waals surface area contributed by atoms with Gasteiger partial charge in [0.2, 0.25) is 11.8 Å². The van der Waals surface area contributed by atoms with E-state index in [-0.39, 0.29) is 29.6 Å². The van der Waals surface area contributed by atoms with Gasteiger partial charge in [-0.3, -0.25) is 14.5 Å². The minimum Gasteiger partial charge on any atom is -0.507 e. The SMILES string of the molecule is CCC/C(=C\c1ccc(O)c2ccccc12)CC[C@H]1OB(O)C[C@H]2C1=C(CC)C[C@H]1C(=O)N(c3ccccc3)C(=O)[C@H]12. The number of amides is 2. The van der Waals surface area contributed by atoms with E-state index in [9.17, 15) is 19.7 Å². The van der Waals surface area contributed by atoms with E-state index in [0.29, 0.717) is 24.8 Å². The van der Waals surface area contributed by atoms with Crippen molar-refractivity contribution in [3.63, 3.8) is 0 Å². The molecule has 0 spiro atoms. The predicted octanol–water partition coefficient (Wildman–Crippen LogP) is 6.92. The van der Waals surface area contributed by atoms with Gasteiger partial charge in [0.1, 0.15) is 5.75 Å². The van der Waals surface area contributed by atoms with Gasteiger partial charge < -0.3 is 14.8 Å². The van der Waals surface area contributed by atoms with E-state index in [2.05, 4.69) is 19.9 Å². The summed E-state index contributed by atoms with van der Waals surface area (Å²) in [6, 6.07) is 20.8. The molecule has 7 heteroatoms. The Bertz CT molecular complexity index is 1560. The molecule has 2 aliphatic heterocycles. The lowest BCUT2D eigenvalue weighted by Crippen LogP contribution is -2.46. The Hall–Kier alpha value is -3.68. The van der Waals surface area contributed by atoms with E-state index in [1.165, 1.54) is 16.0 Å². The number of anilines is 1. The van der Waals surface area contributed by atoms with Crippen LogP contribution in [0.15, 0.2) is 83.4 Å². The van der Waals surface area contributed by atoms with Gasteiger partial charge in [-0.15, -0.1) is 0 Å². The fourth-order valence-electron chi connectivity index (χ4n) is 7.49. The molecule has 3 aromatic rings. The number of carbonyl (C=O) groups excluding carboxylic acids is 2. The number of fused-ring (bicyclic) bond motifs is 4. The molecule has 4 atom stereocenters. The number of hydrogen-bond acceptors (Lipinski definition) is 5. The highest BCUT2D eigenvalue weighted by Gasteiger charge is 2.57. The summed E-state index contributed by atoms with van der Waals surface area (Å²) in [6.45, 7) is 4.27. The van der Waals surface area contributed by atoms with Crippen LogP contribution in [-0.4, -0.2) is 35.2 Å². The van der Waals surface area contributed by atoms with Crippen LogP contribution in [0, 0.1) is 17.8 Å². The third-order valence-corrected chi connectivity index (χ3v) is 9.34. The minimum atomic E-state index is -0.978. The molecule has 216 valence electrons. The number of nitrogens with zero attached hydrogens (tertiary/aromatic N) is 1. The quantitative estimate of drug-likeness (QED) is 0.177. The number of para-hydroxylation sites is 1. The summed E-state index contributed by atoms with van der Waals surface area (Å²) >= 11 is 0. The van der Waals surface area contributed by atoms with Crippen molar-refractivity contribution in [2.24, 2.45) is 17.8 Å².